The van der Waals surface area contributed by atoms with Crippen LogP contribution < -0.4 is 0 Å². The molecule has 0 N–H and O–H groups in total. The number of hydrogen-bond donors (Lipinski definition) is 0. The van der Waals surface area contributed by atoms with Gasteiger partial charge in [-0.1, -0.05) is 15.9 Å². The van der Waals surface area contributed by atoms with Crippen molar-refractivity contribution in [3.8, 4) is 0 Å². The van der Waals surface area contributed by atoms with Crippen LogP contribution in [-0.2, 0) is 20.8 Å². The van der Waals surface area contributed by atoms with Crippen LogP contribution in [0.1, 0.15) is 31.2 Å². The first-order valence-electron chi connectivity index (χ1n) is 7.11. The summed E-state index contributed by atoms with van der Waals surface area (Å²) in [4.78, 5) is 0. The van der Waals surface area contributed by atoms with Gasteiger partial charge >= 0.3 is 0 Å². The summed E-state index contributed by atoms with van der Waals surface area (Å²) in [5.41, 5.74) is 0.860. The van der Waals surface area contributed by atoms with E-state index in [1.807, 2.05) is 28.7 Å². The van der Waals surface area contributed by atoms with Crippen molar-refractivity contribution in [3.63, 3.8) is 0 Å². The van der Waals surface area contributed by atoms with Gasteiger partial charge in [0.15, 0.2) is 6.29 Å². The van der Waals surface area contributed by atoms with Gasteiger partial charge in [0.25, 0.3) is 0 Å². The second kappa shape index (κ2) is 9.39. The predicted octanol–water partition coefficient (Wildman–Crippen LogP) is 4.64. The Bertz CT molecular complexity index is 453. The molecule has 2 rings (SSSR count). The van der Waals surface area contributed by atoms with Gasteiger partial charge in [0, 0.05) is 17.7 Å². The minimum Gasteiger partial charge on any atom is -0.377 e. The summed E-state index contributed by atoms with van der Waals surface area (Å²) in [6, 6.07) is 3.35. The summed E-state index contributed by atoms with van der Waals surface area (Å²) in [5, 5.41) is 0. The second-order valence-corrected chi connectivity index (χ2v) is 6.93. The first-order chi connectivity index (χ1) is 10.2. The number of ether oxygens (including phenoxy) is 3. The fourth-order valence-electron chi connectivity index (χ4n) is 2.11. The summed E-state index contributed by atoms with van der Waals surface area (Å²) >= 11 is 5.29. The van der Waals surface area contributed by atoms with E-state index in [1.165, 1.54) is 12.5 Å². The highest BCUT2D eigenvalue weighted by atomic mass is 127. The molecule has 0 bridgehead atoms. The zero-order valence-electron chi connectivity index (χ0n) is 11.7. The highest BCUT2D eigenvalue weighted by Gasteiger charge is 2.13. The molecule has 0 amide bonds. The average Bonchev–Trinajstić information content (AvgIpc) is 2.48. The molecule has 1 unspecified atom stereocenters. The monoisotopic (exact) mass is 472 g/mol. The first-order valence-corrected chi connectivity index (χ1v) is 8.98. The lowest BCUT2D eigenvalue weighted by atomic mass is 10.2. The lowest BCUT2D eigenvalue weighted by Crippen LogP contribution is -2.23. The van der Waals surface area contributed by atoms with Crippen LogP contribution in [0.2, 0.25) is 0 Å². The molecule has 118 valence electrons. The molecule has 0 aromatic heterocycles. The van der Waals surface area contributed by atoms with Crippen molar-refractivity contribution in [2.45, 2.75) is 38.6 Å². The lowest BCUT2D eigenvalue weighted by Gasteiger charge is -2.22. The zero-order chi connectivity index (χ0) is 15.1. The molecule has 1 aromatic carbocycles. The molecule has 1 aliphatic heterocycles. The summed E-state index contributed by atoms with van der Waals surface area (Å²) in [6.07, 6.45) is 4.06. The zero-order valence-corrected chi connectivity index (χ0v) is 15.5. The van der Waals surface area contributed by atoms with Crippen molar-refractivity contribution in [2.24, 2.45) is 0 Å². The van der Waals surface area contributed by atoms with E-state index in [4.69, 9.17) is 14.2 Å². The van der Waals surface area contributed by atoms with E-state index in [2.05, 4.69) is 15.9 Å². The van der Waals surface area contributed by atoms with Crippen LogP contribution in [0.5, 0.6) is 0 Å². The Morgan fingerprint density at radius 3 is 2.95 bits per heavy atom. The summed E-state index contributed by atoms with van der Waals surface area (Å²) in [7, 11) is 0. The number of hydrogen-bond acceptors (Lipinski definition) is 3. The molecular formula is C15H19BrFIO3. The van der Waals surface area contributed by atoms with Gasteiger partial charge in [-0.3, -0.25) is 0 Å². The third-order valence-electron chi connectivity index (χ3n) is 3.20. The normalized spacial score (nSPS) is 18.9. The molecule has 1 saturated heterocycles. The number of rotatable bonds is 7. The molecule has 0 aliphatic carbocycles. The van der Waals surface area contributed by atoms with Crippen molar-refractivity contribution in [1.29, 1.82) is 0 Å². The van der Waals surface area contributed by atoms with Crippen molar-refractivity contribution >= 4 is 38.5 Å². The average molecular weight is 473 g/mol. The molecule has 0 radical (unpaired) electrons. The van der Waals surface area contributed by atoms with Crippen LogP contribution >= 0.6 is 38.5 Å². The van der Waals surface area contributed by atoms with Crippen LogP contribution in [0.4, 0.5) is 4.39 Å². The maximum absolute atomic E-state index is 13.5. The highest BCUT2D eigenvalue weighted by molar-refractivity contribution is 14.1. The fourth-order valence-corrected chi connectivity index (χ4v) is 3.06. The molecule has 6 heteroatoms. The topological polar surface area (TPSA) is 27.7 Å². The number of benzene rings is 1. The van der Waals surface area contributed by atoms with Crippen molar-refractivity contribution in [2.75, 3.05) is 19.8 Å². The molecule has 1 aromatic rings. The summed E-state index contributed by atoms with van der Waals surface area (Å²) in [6.45, 7) is 2.44. The van der Waals surface area contributed by atoms with Gasteiger partial charge in [0.05, 0.1) is 16.8 Å². The Morgan fingerprint density at radius 1 is 1.33 bits per heavy atom. The van der Waals surface area contributed by atoms with E-state index in [0.717, 1.165) is 35.9 Å². The third kappa shape index (κ3) is 6.09. The van der Waals surface area contributed by atoms with Crippen LogP contribution in [0, 0.1) is 9.39 Å². The largest absolute Gasteiger partial charge is 0.377 e. The van der Waals surface area contributed by atoms with Crippen LogP contribution in [0.25, 0.3) is 0 Å². The quantitative estimate of drug-likeness (QED) is 0.328. The Kier molecular flexibility index (Phi) is 7.87. The summed E-state index contributed by atoms with van der Waals surface area (Å²) in [5.74, 6) is -0.221. The maximum Gasteiger partial charge on any atom is 0.157 e. The lowest BCUT2D eigenvalue weighted by molar-refractivity contribution is -0.164. The smallest absolute Gasteiger partial charge is 0.157 e. The van der Waals surface area contributed by atoms with Crippen molar-refractivity contribution in [1.82, 2.24) is 0 Å². The molecular weight excluding hydrogens is 454 g/mol. The van der Waals surface area contributed by atoms with Gasteiger partial charge in [-0.15, -0.1) is 0 Å². The van der Waals surface area contributed by atoms with Crippen molar-refractivity contribution < 1.29 is 18.6 Å². The van der Waals surface area contributed by atoms with E-state index in [9.17, 15) is 4.39 Å². The standard InChI is InChI=1S/C15H19BrFIO3/c16-12-8-11(15(18)13(17)9-12)10-19-5-3-7-21-14-4-1-2-6-20-14/h8-9,14H,1-7,10H2. The maximum atomic E-state index is 13.5. The van der Waals surface area contributed by atoms with Crippen LogP contribution in [-0.4, -0.2) is 26.1 Å². The highest BCUT2D eigenvalue weighted by Crippen LogP contribution is 2.22. The van der Waals surface area contributed by atoms with Gasteiger partial charge in [-0.2, -0.15) is 0 Å². The Balaban J connectivity index is 1.61. The fraction of sp³-hybridized carbons (Fsp3) is 0.600. The molecule has 3 nitrogen and oxygen atoms in total. The van der Waals surface area contributed by atoms with Gasteiger partial charge in [0.1, 0.15) is 5.82 Å². The predicted molar refractivity (Wildman–Crippen MR) is 90.6 cm³/mol. The van der Waals surface area contributed by atoms with E-state index in [1.54, 1.807) is 0 Å². The summed E-state index contributed by atoms with van der Waals surface area (Å²) < 4.78 is 31.6. The van der Waals surface area contributed by atoms with E-state index >= 15 is 0 Å². The van der Waals surface area contributed by atoms with Crippen molar-refractivity contribution in [3.05, 3.63) is 31.6 Å². The Hall–Kier alpha value is 0.240. The van der Waals surface area contributed by atoms with Gasteiger partial charge in [-0.05, 0) is 66.0 Å². The number of halogens is 3. The van der Waals surface area contributed by atoms with E-state index in [-0.39, 0.29) is 12.1 Å². The minimum atomic E-state index is -0.221. The third-order valence-corrected chi connectivity index (χ3v) is 4.87. The molecule has 21 heavy (non-hydrogen) atoms. The van der Waals surface area contributed by atoms with Crippen LogP contribution in [0.3, 0.4) is 0 Å². The molecule has 0 saturated carbocycles. The Morgan fingerprint density at radius 2 is 2.19 bits per heavy atom. The van der Waals surface area contributed by atoms with E-state index < -0.39 is 0 Å². The van der Waals surface area contributed by atoms with Crippen LogP contribution in [0.15, 0.2) is 16.6 Å². The van der Waals surface area contributed by atoms with E-state index in [0.29, 0.717) is 23.4 Å². The second-order valence-electron chi connectivity index (χ2n) is 4.93. The molecule has 1 heterocycles. The Labute approximate surface area is 146 Å². The molecule has 1 aliphatic rings. The van der Waals surface area contributed by atoms with Gasteiger partial charge in [0.2, 0.25) is 0 Å². The first kappa shape index (κ1) is 17.6. The van der Waals surface area contributed by atoms with Gasteiger partial charge < -0.3 is 14.2 Å². The minimum absolute atomic E-state index is 0.0427. The SMILES string of the molecule is Fc1cc(Br)cc(COCCCOC2CCCCO2)c1I. The molecule has 0 spiro atoms. The molecule has 1 fully saturated rings. The van der Waals surface area contributed by atoms with Gasteiger partial charge in [-0.25, -0.2) is 4.39 Å². The molecule has 1 atom stereocenters.